The van der Waals surface area contributed by atoms with E-state index < -0.39 is 0 Å². The van der Waals surface area contributed by atoms with Crippen LogP contribution in [-0.4, -0.2) is 45.2 Å². The molecule has 1 aliphatic heterocycles. The van der Waals surface area contributed by atoms with Crippen LogP contribution in [0.4, 0.5) is 0 Å². The molecule has 2 aromatic heterocycles. The fraction of sp³-hybridized carbons (Fsp3) is 0.632. The number of amides is 1. The maximum atomic E-state index is 13.2. The maximum Gasteiger partial charge on any atom is 0.254 e. The molecule has 1 fully saturated rings. The highest BCUT2D eigenvalue weighted by atomic mass is 35.5. The number of fused-ring (bicyclic) bond motifs is 1. The molecular formula is C19H31Cl2N5O. The Kier molecular flexibility index (Phi) is 7.68. The minimum Gasteiger partial charge on any atom is -0.338 e. The van der Waals surface area contributed by atoms with Crippen molar-refractivity contribution in [2.45, 2.75) is 53.0 Å². The molecule has 3 heterocycles. The Labute approximate surface area is 173 Å². The molecule has 0 radical (unpaired) electrons. The van der Waals surface area contributed by atoms with Gasteiger partial charge in [0.15, 0.2) is 5.65 Å². The van der Waals surface area contributed by atoms with Gasteiger partial charge in [0, 0.05) is 24.8 Å². The Morgan fingerprint density at radius 2 is 1.96 bits per heavy atom. The Balaban J connectivity index is 0.00000182. The van der Waals surface area contributed by atoms with Crippen molar-refractivity contribution in [1.82, 2.24) is 19.7 Å². The largest absolute Gasteiger partial charge is 0.338 e. The van der Waals surface area contributed by atoms with Crippen LogP contribution < -0.4 is 5.73 Å². The van der Waals surface area contributed by atoms with Gasteiger partial charge in [-0.05, 0) is 44.2 Å². The molecule has 1 aliphatic rings. The van der Waals surface area contributed by atoms with Gasteiger partial charge in [-0.15, -0.1) is 24.8 Å². The van der Waals surface area contributed by atoms with Crippen LogP contribution in [0.5, 0.6) is 0 Å². The van der Waals surface area contributed by atoms with Crippen LogP contribution in [0.3, 0.4) is 0 Å². The number of aromatic nitrogens is 3. The van der Waals surface area contributed by atoms with Gasteiger partial charge in [-0.25, -0.2) is 9.67 Å². The molecule has 27 heavy (non-hydrogen) atoms. The molecule has 152 valence electrons. The van der Waals surface area contributed by atoms with E-state index in [0.29, 0.717) is 18.7 Å². The van der Waals surface area contributed by atoms with Gasteiger partial charge < -0.3 is 10.6 Å². The summed E-state index contributed by atoms with van der Waals surface area (Å²) in [7, 11) is 0. The number of nitrogens with two attached hydrogens (primary N) is 1. The molecule has 3 rings (SSSR count). The summed E-state index contributed by atoms with van der Waals surface area (Å²) >= 11 is 0. The fourth-order valence-electron chi connectivity index (χ4n) is 3.42. The van der Waals surface area contributed by atoms with E-state index in [1.54, 1.807) is 6.20 Å². The van der Waals surface area contributed by atoms with Gasteiger partial charge in [-0.3, -0.25) is 4.79 Å². The predicted molar refractivity (Wildman–Crippen MR) is 114 cm³/mol. The summed E-state index contributed by atoms with van der Waals surface area (Å²) in [5.74, 6) is 0.314. The highest BCUT2D eigenvalue weighted by Crippen LogP contribution is 2.31. The standard InChI is InChI=1S/C19H29N5O.2ClH/c1-12(2)16-8-14(15-9-21-24(13(3)4)17(15)22-16)18(25)23-7-6-19(5,10-20)11-23;;/h8-9,12-13H,6-7,10-11,20H2,1-5H3;2*1H. The van der Waals surface area contributed by atoms with Crippen molar-refractivity contribution in [2.24, 2.45) is 11.1 Å². The molecular weight excluding hydrogens is 385 g/mol. The van der Waals surface area contributed by atoms with E-state index in [9.17, 15) is 4.79 Å². The van der Waals surface area contributed by atoms with Crippen molar-refractivity contribution in [1.29, 1.82) is 0 Å². The summed E-state index contributed by atoms with van der Waals surface area (Å²) in [6.07, 6.45) is 2.73. The first-order valence-electron chi connectivity index (χ1n) is 9.13. The molecule has 0 aliphatic carbocycles. The summed E-state index contributed by atoms with van der Waals surface area (Å²) in [4.78, 5) is 19.9. The van der Waals surface area contributed by atoms with Crippen molar-refractivity contribution in [3.05, 3.63) is 23.5 Å². The second-order valence-electron chi connectivity index (χ2n) is 8.16. The van der Waals surface area contributed by atoms with Gasteiger partial charge >= 0.3 is 0 Å². The van der Waals surface area contributed by atoms with E-state index in [1.165, 1.54) is 0 Å². The number of nitrogens with zero attached hydrogens (tertiary/aromatic N) is 4. The molecule has 2 aromatic rings. The van der Waals surface area contributed by atoms with Gasteiger partial charge in [0.25, 0.3) is 5.91 Å². The van der Waals surface area contributed by atoms with Crippen LogP contribution in [0, 0.1) is 5.41 Å². The smallest absolute Gasteiger partial charge is 0.254 e. The lowest BCUT2D eigenvalue weighted by Crippen LogP contribution is -2.34. The summed E-state index contributed by atoms with van der Waals surface area (Å²) in [6.45, 7) is 12.6. The molecule has 0 spiro atoms. The lowest BCUT2D eigenvalue weighted by molar-refractivity contribution is 0.0778. The zero-order chi connectivity index (χ0) is 18.4. The second kappa shape index (κ2) is 8.76. The first-order chi connectivity index (χ1) is 11.8. The second-order valence-corrected chi connectivity index (χ2v) is 8.16. The summed E-state index contributed by atoms with van der Waals surface area (Å²) in [5.41, 5.74) is 8.35. The van der Waals surface area contributed by atoms with Gasteiger partial charge in [-0.1, -0.05) is 20.8 Å². The molecule has 1 atom stereocenters. The van der Waals surface area contributed by atoms with Gasteiger partial charge in [0.1, 0.15) is 0 Å². The number of rotatable bonds is 4. The molecule has 2 N–H and O–H groups in total. The van der Waals surface area contributed by atoms with Crippen LogP contribution in [0.2, 0.25) is 0 Å². The average molecular weight is 416 g/mol. The van der Waals surface area contributed by atoms with Gasteiger partial charge in [0.2, 0.25) is 0 Å². The lowest BCUT2D eigenvalue weighted by Gasteiger charge is -2.23. The van der Waals surface area contributed by atoms with Crippen LogP contribution in [0.25, 0.3) is 11.0 Å². The predicted octanol–water partition coefficient (Wildman–Crippen LogP) is 3.79. The topological polar surface area (TPSA) is 77.0 Å². The third-order valence-corrected chi connectivity index (χ3v) is 5.24. The Bertz CT molecular complexity index is 805. The molecule has 0 bridgehead atoms. The molecule has 6 nitrogen and oxygen atoms in total. The molecule has 0 aromatic carbocycles. The minimum absolute atomic E-state index is 0. The summed E-state index contributed by atoms with van der Waals surface area (Å²) in [5, 5.41) is 5.31. The van der Waals surface area contributed by atoms with Crippen molar-refractivity contribution in [2.75, 3.05) is 19.6 Å². The van der Waals surface area contributed by atoms with E-state index in [1.807, 2.05) is 15.6 Å². The molecule has 1 amide bonds. The number of halogens is 2. The first kappa shape index (κ1) is 23.7. The van der Waals surface area contributed by atoms with Crippen molar-refractivity contribution in [3.63, 3.8) is 0 Å². The molecule has 8 heteroatoms. The average Bonchev–Trinajstić information content (AvgIpc) is 3.17. The number of carbonyl (C=O) groups is 1. The van der Waals surface area contributed by atoms with E-state index in [2.05, 4.69) is 39.7 Å². The number of carbonyl (C=O) groups excluding carboxylic acids is 1. The normalized spacial score (nSPS) is 19.5. The van der Waals surface area contributed by atoms with Gasteiger partial charge in [-0.2, -0.15) is 5.10 Å². The van der Waals surface area contributed by atoms with E-state index >= 15 is 0 Å². The number of hydrogen-bond acceptors (Lipinski definition) is 4. The quantitative estimate of drug-likeness (QED) is 0.823. The number of likely N-dealkylation sites (tertiary alicyclic amines) is 1. The molecule has 1 unspecified atom stereocenters. The van der Waals surface area contributed by atoms with Crippen LogP contribution in [-0.2, 0) is 0 Å². The van der Waals surface area contributed by atoms with E-state index in [4.69, 9.17) is 10.7 Å². The highest BCUT2D eigenvalue weighted by molar-refractivity contribution is 6.05. The zero-order valence-electron chi connectivity index (χ0n) is 16.7. The van der Waals surface area contributed by atoms with Crippen molar-refractivity contribution >= 4 is 41.8 Å². The highest BCUT2D eigenvalue weighted by Gasteiger charge is 2.36. The molecule has 0 saturated carbocycles. The summed E-state index contributed by atoms with van der Waals surface area (Å²) < 4.78 is 1.89. The Morgan fingerprint density at radius 1 is 1.30 bits per heavy atom. The number of pyridine rings is 1. The first-order valence-corrected chi connectivity index (χ1v) is 9.13. The summed E-state index contributed by atoms with van der Waals surface area (Å²) in [6, 6.07) is 2.14. The van der Waals surface area contributed by atoms with E-state index in [-0.39, 0.29) is 48.1 Å². The van der Waals surface area contributed by atoms with Crippen LogP contribution in [0.15, 0.2) is 12.3 Å². The van der Waals surface area contributed by atoms with Gasteiger partial charge in [0.05, 0.1) is 17.1 Å². The maximum absolute atomic E-state index is 13.2. The zero-order valence-corrected chi connectivity index (χ0v) is 18.4. The minimum atomic E-state index is 0. The lowest BCUT2D eigenvalue weighted by atomic mass is 9.90. The SMILES string of the molecule is CC(C)c1cc(C(=O)N2CCC(C)(CN)C2)c2cnn(C(C)C)c2n1.Cl.Cl. The molecule has 1 saturated heterocycles. The van der Waals surface area contributed by atoms with Crippen LogP contribution in [0.1, 0.15) is 69.1 Å². The number of hydrogen-bond donors (Lipinski definition) is 1. The Hall–Kier alpha value is -1.37. The van der Waals surface area contributed by atoms with E-state index in [0.717, 1.165) is 29.7 Å². The van der Waals surface area contributed by atoms with Crippen molar-refractivity contribution in [3.8, 4) is 0 Å². The van der Waals surface area contributed by atoms with Crippen LogP contribution >= 0.6 is 24.8 Å². The monoisotopic (exact) mass is 415 g/mol. The third-order valence-electron chi connectivity index (χ3n) is 5.24. The Morgan fingerprint density at radius 3 is 2.48 bits per heavy atom. The fourth-order valence-corrected chi connectivity index (χ4v) is 3.42. The van der Waals surface area contributed by atoms with Crippen molar-refractivity contribution < 1.29 is 4.79 Å². The third kappa shape index (κ3) is 4.39.